The fourth-order valence-corrected chi connectivity index (χ4v) is 2.27. The number of anilines is 2. The van der Waals surface area contributed by atoms with Gasteiger partial charge in [-0.3, -0.25) is 4.79 Å². The quantitative estimate of drug-likeness (QED) is 0.822. The number of primary amides is 1. The van der Waals surface area contributed by atoms with E-state index in [1.807, 2.05) is 25.7 Å². The first kappa shape index (κ1) is 13.6. The van der Waals surface area contributed by atoms with E-state index in [0.29, 0.717) is 17.5 Å². The molecule has 0 spiro atoms. The number of carbonyl (C=O) groups is 1. The molecule has 1 saturated heterocycles. The van der Waals surface area contributed by atoms with Crippen molar-refractivity contribution >= 4 is 17.5 Å². The van der Waals surface area contributed by atoms with Crippen LogP contribution in [0.15, 0.2) is 6.07 Å². The zero-order chi connectivity index (χ0) is 14.2. The zero-order valence-corrected chi connectivity index (χ0v) is 11.7. The van der Waals surface area contributed by atoms with Gasteiger partial charge in [-0.1, -0.05) is 20.8 Å². The van der Waals surface area contributed by atoms with Gasteiger partial charge >= 0.3 is 0 Å². The van der Waals surface area contributed by atoms with Crippen LogP contribution in [0, 0.1) is 0 Å². The van der Waals surface area contributed by atoms with E-state index in [1.54, 1.807) is 6.07 Å². The van der Waals surface area contributed by atoms with Crippen molar-refractivity contribution in [3.8, 4) is 0 Å². The molecule has 1 aromatic rings. The molecule has 1 amide bonds. The van der Waals surface area contributed by atoms with Crippen LogP contribution in [0.4, 0.5) is 11.6 Å². The Morgan fingerprint density at radius 1 is 1.42 bits per heavy atom. The smallest absolute Gasteiger partial charge is 0.240 e. The van der Waals surface area contributed by atoms with Crippen molar-refractivity contribution in [3.05, 3.63) is 11.9 Å². The summed E-state index contributed by atoms with van der Waals surface area (Å²) in [5.41, 5.74) is 11.1. The Labute approximate surface area is 113 Å². The summed E-state index contributed by atoms with van der Waals surface area (Å²) >= 11 is 0. The lowest BCUT2D eigenvalue weighted by Crippen LogP contribution is -2.41. The van der Waals surface area contributed by atoms with Crippen molar-refractivity contribution < 1.29 is 4.79 Å². The van der Waals surface area contributed by atoms with Crippen LogP contribution in [0.3, 0.4) is 0 Å². The predicted octanol–water partition coefficient (Wildman–Crippen LogP) is 0.810. The first-order valence-electron chi connectivity index (χ1n) is 6.50. The number of carbonyl (C=O) groups excluding carboxylic acids is 1. The molecule has 0 aliphatic carbocycles. The lowest BCUT2D eigenvalue weighted by molar-refractivity contribution is -0.119. The van der Waals surface area contributed by atoms with E-state index in [4.69, 9.17) is 11.5 Å². The van der Waals surface area contributed by atoms with Gasteiger partial charge in [0.25, 0.3) is 0 Å². The first-order chi connectivity index (χ1) is 8.79. The van der Waals surface area contributed by atoms with E-state index >= 15 is 0 Å². The second-order valence-electron chi connectivity index (χ2n) is 5.98. The molecule has 19 heavy (non-hydrogen) atoms. The van der Waals surface area contributed by atoms with Crippen molar-refractivity contribution in [2.45, 2.75) is 45.1 Å². The average Bonchev–Trinajstić information content (AvgIpc) is 2.75. The molecular weight excluding hydrogens is 242 g/mol. The van der Waals surface area contributed by atoms with Crippen LogP contribution in [0.5, 0.6) is 0 Å². The number of nitrogens with zero attached hydrogens (tertiary/aromatic N) is 3. The van der Waals surface area contributed by atoms with Gasteiger partial charge in [-0.15, -0.1) is 0 Å². The lowest BCUT2D eigenvalue weighted by Gasteiger charge is -2.25. The van der Waals surface area contributed by atoms with Crippen molar-refractivity contribution in [2.75, 3.05) is 17.2 Å². The number of rotatable bonds is 2. The van der Waals surface area contributed by atoms with Crippen LogP contribution in [-0.4, -0.2) is 28.5 Å². The molecule has 0 aromatic carbocycles. The largest absolute Gasteiger partial charge is 0.384 e. The molecule has 1 atom stereocenters. The van der Waals surface area contributed by atoms with Crippen LogP contribution < -0.4 is 16.4 Å². The number of aromatic nitrogens is 2. The molecule has 1 fully saturated rings. The maximum Gasteiger partial charge on any atom is 0.240 e. The van der Waals surface area contributed by atoms with Gasteiger partial charge in [0.15, 0.2) is 0 Å². The van der Waals surface area contributed by atoms with Crippen LogP contribution in [0.25, 0.3) is 0 Å². The summed E-state index contributed by atoms with van der Waals surface area (Å²) in [6.07, 6.45) is 1.70. The summed E-state index contributed by atoms with van der Waals surface area (Å²) in [6.45, 7) is 6.86. The van der Waals surface area contributed by atoms with Gasteiger partial charge < -0.3 is 16.4 Å². The molecule has 4 N–H and O–H groups in total. The summed E-state index contributed by atoms with van der Waals surface area (Å²) in [5.74, 6) is 1.48. The third kappa shape index (κ3) is 2.77. The van der Waals surface area contributed by atoms with E-state index in [0.717, 1.165) is 19.4 Å². The lowest BCUT2D eigenvalue weighted by atomic mass is 9.96. The Bertz CT molecular complexity index is 494. The van der Waals surface area contributed by atoms with Gasteiger partial charge in [-0.2, -0.15) is 0 Å². The molecule has 6 nitrogen and oxygen atoms in total. The summed E-state index contributed by atoms with van der Waals surface area (Å²) in [7, 11) is 0. The number of nitrogen functional groups attached to an aromatic ring is 1. The third-order valence-corrected chi connectivity index (χ3v) is 3.28. The molecule has 1 aromatic heterocycles. The Morgan fingerprint density at radius 2 is 2.11 bits per heavy atom. The van der Waals surface area contributed by atoms with Crippen molar-refractivity contribution in [1.29, 1.82) is 0 Å². The fourth-order valence-electron chi connectivity index (χ4n) is 2.27. The molecule has 0 radical (unpaired) electrons. The topological polar surface area (TPSA) is 98.1 Å². The van der Waals surface area contributed by atoms with Crippen molar-refractivity contribution in [3.63, 3.8) is 0 Å². The Balaban J connectivity index is 2.40. The molecular formula is C13H21N5O. The van der Waals surface area contributed by atoms with Gasteiger partial charge in [-0.05, 0) is 12.8 Å². The minimum absolute atomic E-state index is 0.188. The maximum atomic E-state index is 11.5. The van der Waals surface area contributed by atoms with Crippen LogP contribution >= 0.6 is 0 Å². The van der Waals surface area contributed by atoms with Gasteiger partial charge in [0, 0.05) is 18.0 Å². The Kier molecular flexibility index (Phi) is 3.34. The Morgan fingerprint density at radius 3 is 2.68 bits per heavy atom. The maximum absolute atomic E-state index is 11.5. The predicted molar refractivity (Wildman–Crippen MR) is 74.7 cm³/mol. The number of hydrogen-bond donors (Lipinski definition) is 2. The highest BCUT2D eigenvalue weighted by Crippen LogP contribution is 2.27. The van der Waals surface area contributed by atoms with Crippen LogP contribution in [0.2, 0.25) is 0 Å². The van der Waals surface area contributed by atoms with Crippen molar-refractivity contribution in [2.24, 2.45) is 5.73 Å². The van der Waals surface area contributed by atoms with Gasteiger partial charge in [0.1, 0.15) is 23.5 Å². The van der Waals surface area contributed by atoms with Crippen LogP contribution in [-0.2, 0) is 10.2 Å². The van der Waals surface area contributed by atoms with E-state index in [1.165, 1.54) is 0 Å². The molecule has 1 unspecified atom stereocenters. The molecule has 0 saturated carbocycles. The average molecular weight is 263 g/mol. The van der Waals surface area contributed by atoms with E-state index in [9.17, 15) is 4.79 Å². The number of hydrogen-bond acceptors (Lipinski definition) is 5. The standard InChI is InChI=1S/C13H21N5O/c1-13(2,3)12-16-9(14)7-10(17-12)18-6-4-5-8(18)11(15)19/h7-8H,4-6H2,1-3H3,(H2,15,19)(H2,14,16,17). The second kappa shape index (κ2) is 4.68. The molecule has 1 aliphatic rings. The first-order valence-corrected chi connectivity index (χ1v) is 6.50. The highest BCUT2D eigenvalue weighted by molar-refractivity contribution is 5.84. The van der Waals surface area contributed by atoms with Gasteiger partial charge in [0.2, 0.25) is 5.91 Å². The summed E-state index contributed by atoms with van der Waals surface area (Å²) in [4.78, 5) is 22.2. The Hall–Kier alpha value is -1.85. The number of amides is 1. The summed E-state index contributed by atoms with van der Waals surface area (Å²) in [5, 5.41) is 0. The summed E-state index contributed by atoms with van der Waals surface area (Å²) < 4.78 is 0. The molecule has 104 valence electrons. The van der Waals surface area contributed by atoms with Gasteiger partial charge in [-0.25, -0.2) is 9.97 Å². The highest BCUT2D eigenvalue weighted by Gasteiger charge is 2.31. The molecule has 2 rings (SSSR count). The normalized spacial score (nSPS) is 19.7. The van der Waals surface area contributed by atoms with E-state index in [-0.39, 0.29) is 17.4 Å². The van der Waals surface area contributed by atoms with Crippen molar-refractivity contribution in [1.82, 2.24) is 9.97 Å². The molecule has 6 heteroatoms. The molecule has 0 bridgehead atoms. The SMILES string of the molecule is CC(C)(C)c1nc(N)cc(N2CCCC2C(N)=O)n1. The molecule has 1 aliphatic heterocycles. The second-order valence-corrected chi connectivity index (χ2v) is 5.98. The fraction of sp³-hybridized carbons (Fsp3) is 0.615. The van der Waals surface area contributed by atoms with E-state index < -0.39 is 0 Å². The zero-order valence-electron chi connectivity index (χ0n) is 11.7. The van der Waals surface area contributed by atoms with Crippen LogP contribution in [0.1, 0.15) is 39.4 Å². The van der Waals surface area contributed by atoms with Gasteiger partial charge in [0.05, 0.1) is 0 Å². The minimum Gasteiger partial charge on any atom is -0.384 e. The molecule has 2 heterocycles. The van der Waals surface area contributed by atoms with E-state index in [2.05, 4.69) is 9.97 Å². The third-order valence-electron chi connectivity index (χ3n) is 3.28. The highest BCUT2D eigenvalue weighted by atomic mass is 16.1. The number of nitrogens with two attached hydrogens (primary N) is 2. The monoisotopic (exact) mass is 263 g/mol. The minimum atomic E-state index is -0.313. The summed E-state index contributed by atoms with van der Waals surface area (Å²) in [6, 6.07) is 1.42.